The minimum absolute atomic E-state index is 0.0316. The molecule has 1 atom stereocenters. The number of rotatable bonds is 8. The number of anilines is 1. The van der Waals surface area contributed by atoms with Crippen molar-refractivity contribution < 1.29 is 27.4 Å². The van der Waals surface area contributed by atoms with Crippen LogP contribution in [0.15, 0.2) is 70.7 Å². The van der Waals surface area contributed by atoms with E-state index in [0.29, 0.717) is 29.4 Å². The predicted molar refractivity (Wildman–Crippen MR) is 133 cm³/mol. The maximum Gasteiger partial charge on any atom is 0.238 e. The molecule has 184 valence electrons. The van der Waals surface area contributed by atoms with Crippen molar-refractivity contribution in [2.45, 2.75) is 17.4 Å². The Balaban J connectivity index is 1.80. The summed E-state index contributed by atoms with van der Waals surface area (Å²) in [5, 5.41) is 12.0. The molecule has 9 nitrogen and oxygen atoms in total. The van der Waals surface area contributed by atoms with Crippen LogP contribution in [0.4, 0.5) is 5.69 Å². The van der Waals surface area contributed by atoms with E-state index in [-0.39, 0.29) is 10.9 Å². The van der Waals surface area contributed by atoms with Gasteiger partial charge in [-0.2, -0.15) is 5.10 Å². The Hall–Kier alpha value is -3.76. The predicted octanol–water partition coefficient (Wildman–Crippen LogP) is 3.72. The number of ether oxygens (including phenoxy) is 4. The van der Waals surface area contributed by atoms with E-state index in [1.807, 2.05) is 41.4 Å². The van der Waals surface area contributed by atoms with Crippen molar-refractivity contribution >= 4 is 21.4 Å². The third-order valence-corrected chi connectivity index (χ3v) is 6.76. The summed E-state index contributed by atoms with van der Waals surface area (Å²) in [7, 11) is 2.50. The Kier molecular flexibility index (Phi) is 6.86. The van der Waals surface area contributed by atoms with Crippen LogP contribution in [0.5, 0.6) is 23.0 Å². The van der Waals surface area contributed by atoms with Gasteiger partial charge in [-0.1, -0.05) is 0 Å². The first-order valence-corrected chi connectivity index (χ1v) is 12.3. The number of benzene rings is 3. The summed E-state index contributed by atoms with van der Waals surface area (Å²) in [6.07, 6.45) is 0.585. The molecule has 35 heavy (non-hydrogen) atoms. The van der Waals surface area contributed by atoms with Crippen LogP contribution in [0.2, 0.25) is 0 Å². The normalized spacial score (nSPS) is 15.5. The van der Waals surface area contributed by atoms with Gasteiger partial charge in [-0.25, -0.2) is 13.6 Å². The summed E-state index contributed by atoms with van der Waals surface area (Å²) in [5.41, 5.74) is 3.41. The van der Waals surface area contributed by atoms with E-state index in [0.717, 1.165) is 22.6 Å². The van der Waals surface area contributed by atoms with E-state index >= 15 is 0 Å². The Morgan fingerprint density at radius 3 is 1.94 bits per heavy atom. The van der Waals surface area contributed by atoms with Gasteiger partial charge in [-0.3, -0.25) is 5.01 Å². The SMILES string of the molecule is COc1ccc(C2=NN(c3ccc(S(N)(=O)=O)cc3)C(c3cc(OC)c(OC)c(OC)c3)C2)cc1. The van der Waals surface area contributed by atoms with Crippen LogP contribution in [0.25, 0.3) is 0 Å². The van der Waals surface area contributed by atoms with Crippen molar-refractivity contribution in [2.24, 2.45) is 10.2 Å². The molecule has 3 aromatic carbocycles. The van der Waals surface area contributed by atoms with Crippen molar-refractivity contribution in [3.05, 3.63) is 71.8 Å². The molecule has 1 aliphatic heterocycles. The Labute approximate surface area is 204 Å². The molecule has 0 fully saturated rings. The first-order chi connectivity index (χ1) is 16.8. The molecule has 0 bridgehead atoms. The van der Waals surface area contributed by atoms with Crippen LogP contribution >= 0.6 is 0 Å². The summed E-state index contributed by atoms with van der Waals surface area (Å²) in [6, 6.07) is 17.6. The van der Waals surface area contributed by atoms with Gasteiger partial charge in [0, 0.05) is 6.42 Å². The fourth-order valence-corrected chi connectivity index (χ4v) is 4.56. The number of nitrogens with zero attached hydrogens (tertiary/aromatic N) is 2. The van der Waals surface area contributed by atoms with Crippen LogP contribution < -0.4 is 29.1 Å². The maximum absolute atomic E-state index is 11.7. The average molecular weight is 498 g/mol. The summed E-state index contributed by atoms with van der Waals surface area (Å²) >= 11 is 0. The number of nitrogens with two attached hydrogens (primary N) is 1. The smallest absolute Gasteiger partial charge is 0.238 e. The molecule has 3 aromatic rings. The fraction of sp³-hybridized carbons (Fsp3) is 0.240. The van der Waals surface area contributed by atoms with Crippen LogP contribution in [0.1, 0.15) is 23.6 Å². The zero-order valence-corrected chi connectivity index (χ0v) is 20.7. The second kappa shape index (κ2) is 9.85. The first kappa shape index (κ1) is 24.4. The third-order valence-electron chi connectivity index (χ3n) is 5.84. The van der Waals surface area contributed by atoms with Crippen molar-refractivity contribution in [3.63, 3.8) is 0 Å². The van der Waals surface area contributed by atoms with Gasteiger partial charge >= 0.3 is 0 Å². The standard InChI is InChI=1S/C25H27N3O6S/c1-31-19-9-5-16(6-10-19)21-15-22(17-13-23(32-2)25(34-4)24(14-17)33-3)28(27-21)18-7-11-20(12-8-18)35(26,29)30/h5-14,22H,15H2,1-4H3,(H2,26,29,30). The van der Waals surface area contributed by atoms with Crippen LogP contribution in [0.3, 0.4) is 0 Å². The summed E-state index contributed by atoms with van der Waals surface area (Å²) in [4.78, 5) is 0.0316. The summed E-state index contributed by atoms with van der Waals surface area (Å²) < 4.78 is 45.3. The highest BCUT2D eigenvalue weighted by atomic mass is 32.2. The number of methoxy groups -OCH3 is 4. The zero-order valence-electron chi connectivity index (χ0n) is 19.9. The van der Waals surface area contributed by atoms with Gasteiger partial charge in [-0.15, -0.1) is 0 Å². The zero-order chi connectivity index (χ0) is 25.2. The first-order valence-electron chi connectivity index (χ1n) is 10.7. The van der Waals surface area contributed by atoms with Gasteiger partial charge < -0.3 is 18.9 Å². The van der Waals surface area contributed by atoms with Gasteiger partial charge in [0.25, 0.3) is 0 Å². The van der Waals surface area contributed by atoms with Gasteiger partial charge in [-0.05, 0) is 71.8 Å². The number of sulfonamides is 1. The molecule has 0 saturated heterocycles. The van der Waals surface area contributed by atoms with Gasteiger partial charge in [0.15, 0.2) is 11.5 Å². The molecule has 0 spiro atoms. The third kappa shape index (κ3) is 4.89. The number of hydrazone groups is 1. The van der Waals surface area contributed by atoms with Gasteiger partial charge in [0.2, 0.25) is 15.8 Å². The second-order valence-electron chi connectivity index (χ2n) is 7.84. The lowest BCUT2D eigenvalue weighted by molar-refractivity contribution is 0.323. The molecule has 1 heterocycles. The van der Waals surface area contributed by atoms with Crippen molar-refractivity contribution in [3.8, 4) is 23.0 Å². The van der Waals surface area contributed by atoms with E-state index in [1.165, 1.54) is 12.1 Å². The lowest BCUT2D eigenvalue weighted by Crippen LogP contribution is -2.19. The topological polar surface area (TPSA) is 113 Å². The van der Waals surface area contributed by atoms with Crippen LogP contribution in [-0.2, 0) is 10.0 Å². The molecular formula is C25H27N3O6S. The molecule has 0 amide bonds. The Bertz CT molecular complexity index is 1310. The van der Waals surface area contributed by atoms with Crippen LogP contribution in [0, 0.1) is 0 Å². The van der Waals surface area contributed by atoms with Gasteiger partial charge in [0.05, 0.1) is 50.8 Å². The monoisotopic (exact) mass is 497 g/mol. The van der Waals surface area contributed by atoms with Crippen molar-refractivity contribution in [1.82, 2.24) is 0 Å². The molecule has 0 aliphatic carbocycles. The molecule has 0 saturated carbocycles. The lowest BCUT2D eigenvalue weighted by atomic mass is 9.97. The molecule has 10 heteroatoms. The number of hydrogen-bond donors (Lipinski definition) is 1. The molecule has 2 N–H and O–H groups in total. The number of hydrogen-bond acceptors (Lipinski definition) is 8. The summed E-state index contributed by atoms with van der Waals surface area (Å²) in [5.74, 6) is 2.31. The van der Waals surface area contributed by atoms with Gasteiger partial charge in [0.1, 0.15) is 5.75 Å². The lowest BCUT2D eigenvalue weighted by Gasteiger charge is -2.25. The van der Waals surface area contributed by atoms with Crippen LogP contribution in [-0.4, -0.2) is 42.6 Å². The largest absolute Gasteiger partial charge is 0.497 e. The van der Waals surface area contributed by atoms with E-state index < -0.39 is 10.0 Å². The fourth-order valence-electron chi connectivity index (χ4n) is 4.05. The van der Waals surface area contributed by atoms with E-state index in [9.17, 15) is 8.42 Å². The highest BCUT2D eigenvalue weighted by Crippen LogP contribution is 2.44. The average Bonchev–Trinajstić information content (AvgIpc) is 3.33. The molecule has 0 radical (unpaired) electrons. The molecule has 4 rings (SSSR count). The van der Waals surface area contributed by atoms with E-state index in [4.69, 9.17) is 29.2 Å². The molecular weight excluding hydrogens is 470 g/mol. The quantitative estimate of drug-likeness (QED) is 0.505. The molecule has 1 unspecified atom stereocenters. The molecule has 1 aliphatic rings. The second-order valence-corrected chi connectivity index (χ2v) is 9.40. The number of primary sulfonamides is 1. The highest BCUT2D eigenvalue weighted by molar-refractivity contribution is 7.89. The highest BCUT2D eigenvalue weighted by Gasteiger charge is 2.32. The minimum Gasteiger partial charge on any atom is -0.497 e. The molecule has 0 aromatic heterocycles. The van der Waals surface area contributed by atoms with Crippen molar-refractivity contribution in [1.29, 1.82) is 0 Å². The van der Waals surface area contributed by atoms with E-state index in [2.05, 4.69) is 0 Å². The Morgan fingerprint density at radius 2 is 1.46 bits per heavy atom. The van der Waals surface area contributed by atoms with Crippen molar-refractivity contribution in [2.75, 3.05) is 33.4 Å². The maximum atomic E-state index is 11.7. The Morgan fingerprint density at radius 1 is 0.857 bits per heavy atom. The summed E-state index contributed by atoms with van der Waals surface area (Å²) in [6.45, 7) is 0. The minimum atomic E-state index is -3.81. The van der Waals surface area contributed by atoms with E-state index in [1.54, 1.807) is 40.6 Å².